The number of ether oxygens (including phenoxy) is 4. The minimum atomic E-state index is -0.346. The van der Waals surface area contributed by atoms with Gasteiger partial charge < -0.3 is 18.9 Å². The van der Waals surface area contributed by atoms with Gasteiger partial charge in [0, 0.05) is 24.0 Å². The molecular weight excluding hydrogens is 532 g/mol. The molecule has 43 heavy (non-hydrogen) atoms. The van der Waals surface area contributed by atoms with Crippen LogP contribution >= 0.6 is 0 Å². The first-order valence-corrected chi connectivity index (χ1v) is 16.9. The summed E-state index contributed by atoms with van der Waals surface area (Å²) in [4.78, 5) is 0. The lowest BCUT2D eigenvalue weighted by molar-refractivity contribution is -0.271. The zero-order valence-electron chi connectivity index (χ0n) is 25.9. The molecule has 1 aliphatic heterocycles. The van der Waals surface area contributed by atoms with Gasteiger partial charge in [-0.1, -0.05) is 62.2 Å². The molecule has 3 aromatic rings. The lowest BCUT2D eigenvalue weighted by atomic mass is 9.35. The Bertz CT molecular complexity index is 1680. The van der Waals surface area contributed by atoms with Crippen LogP contribution in [0.25, 0.3) is 10.8 Å². The average Bonchev–Trinajstić information content (AvgIpc) is 3.70. The Labute approximate surface area is 255 Å². The Morgan fingerprint density at radius 2 is 1.81 bits per heavy atom. The summed E-state index contributed by atoms with van der Waals surface area (Å²) in [5.74, 6) is 3.96. The number of hydrogen-bond donors (Lipinski definition) is 0. The zero-order valence-corrected chi connectivity index (χ0v) is 25.9. The second-order valence-electron chi connectivity index (χ2n) is 16.1. The minimum Gasteiger partial charge on any atom is -0.493 e. The van der Waals surface area contributed by atoms with E-state index in [9.17, 15) is 0 Å². The molecule has 0 N–H and O–H groups in total. The Morgan fingerprint density at radius 3 is 2.63 bits per heavy atom. The molecule has 4 heteroatoms. The lowest BCUT2D eigenvalue weighted by Crippen LogP contribution is -2.74. The Morgan fingerprint density at radius 1 is 0.953 bits per heavy atom. The van der Waals surface area contributed by atoms with Crippen molar-refractivity contribution < 1.29 is 18.9 Å². The predicted octanol–water partition coefficient (Wildman–Crippen LogP) is 8.02. The first kappa shape index (κ1) is 25.7. The van der Waals surface area contributed by atoms with Gasteiger partial charge in [0.15, 0.2) is 11.5 Å². The van der Waals surface area contributed by atoms with Gasteiger partial charge in [-0.15, -0.1) is 0 Å². The molecule has 8 aliphatic rings. The highest BCUT2D eigenvalue weighted by atomic mass is 16.6. The largest absolute Gasteiger partial charge is 0.493 e. The van der Waals surface area contributed by atoms with Gasteiger partial charge in [-0.25, -0.2) is 0 Å². The van der Waals surface area contributed by atoms with E-state index in [0.29, 0.717) is 23.4 Å². The van der Waals surface area contributed by atoms with Crippen LogP contribution in [0.1, 0.15) is 75.0 Å². The number of benzene rings is 3. The monoisotopic (exact) mass is 576 g/mol. The van der Waals surface area contributed by atoms with E-state index in [-0.39, 0.29) is 22.5 Å². The second-order valence-corrected chi connectivity index (χ2v) is 16.1. The van der Waals surface area contributed by atoms with Gasteiger partial charge in [0.25, 0.3) is 0 Å². The van der Waals surface area contributed by atoms with Gasteiger partial charge in [0.05, 0.1) is 20.3 Å². The van der Waals surface area contributed by atoms with E-state index in [2.05, 4.69) is 61.5 Å². The Hall–Kier alpha value is -2.56. The van der Waals surface area contributed by atoms with Crippen molar-refractivity contribution in [2.24, 2.45) is 34.0 Å². The van der Waals surface area contributed by atoms with Crippen molar-refractivity contribution in [3.8, 4) is 11.5 Å². The van der Waals surface area contributed by atoms with Crippen LogP contribution < -0.4 is 9.47 Å². The van der Waals surface area contributed by atoms with Gasteiger partial charge in [0.1, 0.15) is 11.7 Å². The van der Waals surface area contributed by atoms with Crippen molar-refractivity contribution in [3.63, 3.8) is 0 Å². The first-order chi connectivity index (χ1) is 20.9. The molecule has 0 aromatic heterocycles. The van der Waals surface area contributed by atoms with Crippen LogP contribution in [0, 0.1) is 34.0 Å². The minimum absolute atomic E-state index is 0.0273. The highest BCUT2D eigenvalue weighted by Crippen LogP contribution is 2.90. The van der Waals surface area contributed by atoms with Crippen LogP contribution in [-0.2, 0) is 27.9 Å². The molecule has 3 aromatic carbocycles. The van der Waals surface area contributed by atoms with Gasteiger partial charge in [0.2, 0.25) is 0 Å². The maximum absolute atomic E-state index is 7.29. The summed E-state index contributed by atoms with van der Waals surface area (Å²) in [7, 11) is 3.76. The quantitative estimate of drug-likeness (QED) is 0.272. The fourth-order valence-electron chi connectivity index (χ4n) is 13.4. The number of rotatable bonds is 8. The molecule has 7 aliphatic carbocycles. The summed E-state index contributed by atoms with van der Waals surface area (Å²) < 4.78 is 26.7. The van der Waals surface area contributed by atoms with Crippen molar-refractivity contribution in [3.05, 3.63) is 71.3 Å². The molecule has 0 radical (unpaired) electrons. The summed E-state index contributed by atoms with van der Waals surface area (Å²) >= 11 is 0. The molecule has 2 unspecified atom stereocenters. The lowest BCUT2D eigenvalue weighted by Gasteiger charge is -2.70. The van der Waals surface area contributed by atoms with Crippen LogP contribution in [0.3, 0.4) is 0 Å². The van der Waals surface area contributed by atoms with E-state index < -0.39 is 0 Å². The molecule has 0 amide bonds. The average molecular weight is 577 g/mol. The number of methoxy groups -OCH3 is 2. The highest BCUT2D eigenvalue weighted by molar-refractivity contribution is 5.83. The molecule has 224 valence electrons. The van der Waals surface area contributed by atoms with Gasteiger partial charge in [-0.2, -0.15) is 0 Å². The molecule has 6 fully saturated rings. The summed E-state index contributed by atoms with van der Waals surface area (Å²) in [5, 5.41) is 2.56. The van der Waals surface area contributed by atoms with Gasteiger partial charge in [-0.05, 0) is 107 Å². The molecule has 4 bridgehead atoms. The fraction of sp³-hybridized carbons (Fsp3) is 0.590. The van der Waals surface area contributed by atoms with Crippen LogP contribution in [0.15, 0.2) is 54.6 Å². The first-order valence-electron chi connectivity index (χ1n) is 16.9. The second kappa shape index (κ2) is 8.17. The van der Waals surface area contributed by atoms with Crippen molar-refractivity contribution in [1.29, 1.82) is 0 Å². The van der Waals surface area contributed by atoms with Crippen LogP contribution in [0.5, 0.6) is 11.5 Å². The van der Waals surface area contributed by atoms with E-state index in [0.717, 1.165) is 36.4 Å². The third-order valence-electron chi connectivity index (χ3n) is 14.2. The van der Waals surface area contributed by atoms with E-state index in [4.69, 9.17) is 18.9 Å². The molecular formula is C39H44O4. The molecule has 8 atom stereocenters. The van der Waals surface area contributed by atoms with Crippen molar-refractivity contribution in [2.75, 3.05) is 20.8 Å². The van der Waals surface area contributed by atoms with Gasteiger partial charge in [-0.3, -0.25) is 0 Å². The molecule has 3 spiro atoms. The molecule has 1 heterocycles. The summed E-state index contributed by atoms with van der Waals surface area (Å²) in [6.07, 6.45) is 11.7. The van der Waals surface area contributed by atoms with E-state index in [1.807, 2.05) is 7.11 Å². The normalized spacial score (nSPS) is 42.3. The standard InChI is InChI=1S/C39H44O4/c1-35(17-24-8-9-24)22-36-18-28-12-13-30(40-2)32-31(28)38(23-36)34(43-32)39(41-3)15-14-37(38,33(35)36)19-29(39)21-42-20-25-10-11-26-6-4-5-7-27(26)16-25/h4-7,10-13,16,24,29,33-34H,8-9,14-15,17-23H2,1-3H3/t29-,33-,34-,35?,36?,37-,38+,39-/m1/s1. The maximum Gasteiger partial charge on any atom is 0.165 e. The maximum atomic E-state index is 7.29. The van der Waals surface area contributed by atoms with Crippen molar-refractivity contribution >= 4 is 10.8 Å². The SMILES string of the molecule is COc1ccc2c3c1O[C@H]1[C@@]4(OC)CC[C@@]5(C[C@@H]4COCc4ccc6ccccc6c4)[C@@H]4C(C)(CC6CC6)CC4(C2)C[C@]315. The molecule has 11 rings (SSSR count). The Kier molecular flexibility index (Phi) is 4.89. The smallest absolute Gasteiger partial charge is 0.165 e. The van der Waals surface area contributed by atoms with E-state index >= 15 is 0 Å². The van der Waals surface area contributed by atoms with Crippen LogP contribution in [-0.4, -0.2) is 32.5 Å². The third-order valence-corrected chi connectivity index (χ3v) is 14.2. The third kappa shape index (κ3) is 2.93. The highest BCUT2D eigenvalue weighted by Gasteiger charge is 2.89. The predicted molar refractivity (Wildman–Crippen MR) is 167 cm³/mol. The number of fused-ring (bicyclic) bond motifs is 3. The topological polar surface area (TPSA) is 36.9 Å². The van der Waals surface area contributed by atoms with Crippen LogP contribution in [0.2, 0.25) is 0 Å². The van der Waals surface area contributed by atoms with E-state index in [1.165, 1.54) is 73.3 Å². The Balaban J connectivity index is 1.06. The van der Waals surface area contributed by atoms with Gasteiger partial charge >= 0.3 is 0 Å². The summed E-state index contributed by atoms with van der Waals surface area (Å²) in [6.45, 7) is 4.04. The fourth-order valence-corrected chi connectivity index (χ4v) is 13.4. The summed E-state index contributed by atoms with van der Waals surface area (Å²) in [6, 6.07) is 19.9. The zero-order chi connectivity index (χ0) is 28.8. The molecule has 6 saturated carbocycles. The molecule has 0 saturated heterocycles. The van der Waals surface area contributed by atoms with Crippen LogP contribution in [0.4, 0.5) is 0 Å². The van der Waals surface area contributed by atoms with Crippen molar-refractivity contribution in [1.82, 2.24) is 0 Å². The summed E-state index contributed by atoms with van der Waals surface area (Å²) in [5.41, 5.74) is 5.06. The molecule has 4 nitrogen and oxygen atoms in total. The van der Waals surface area contributed by atoms with E-state index in [1.54, 1.807) is 12.7 Å². The van der Waals surface area contributed by atoms with Crippen molar-refractivity contribution in [2.45, 2.75) is 88.4 Å². The number of hydrogen-bond acceptors (Lipinski definition) is 4.